The number of aromatic nitrogens is 1. The number of thiazole rings is 1. The molecule has 1 N–H and O–H groups in total. The number of amidine groups is 1. The van der Waals surface area contributed by atoms with E-state index >= 15 is 0 Å². The Balaban J connectivity index is 1.91. The van der Waals surface area contributed by atoms with Crippen LogP contribution >= 0.6 is 27.3 Å². The zero-order valence-corrected chi connectivity index (χ0v) is 18.0. The third kappa shape index (κ3) is 3.74. The molecule has 152 valence electrons. The van der Waals surface area contributed by atoms with E-state index in [1.54, 1.807) is 19.2 Å². The Hall–Kier alpha value is -2.10. The second kappa shape index (κ2) is 8.33. The second-order valence-corrected chi connectivity index (χ2v) is 8.55. The molecule has 1 aromatic heterocycles. The summed E-state index contributed by atoms with van der Waals surface area (Å²) < 4.78 is 19.6. The van der Waals surface area contributed by atoms with Gasteiger partial charge in [0.25, 0.3) is 0 Å². The highest BCUT2D eigenvalue weighted by Gasteiger charge is 2.42. The lowest BCUT2D eigenvalue weighted by molar-refractivity contribution is -0.139. The predicted molar refractivity (Wildman–Crippen MR) is 111 cm³/mol. The molecule has 3 heterocycles. The van der Waals surface area contributed by atoms with Crippen molar-refractivity contribution >= 4 is 39.1 Å². The maximum atomic E-state index is 13.7. The van der Waals surface area contributed by atoms with Gasteiger partial charge in [-0.15, -0.1) is 11.3 Å². The number of allylic oxidation sites excluding steroid dienone is 1. The fourth-order valence-electron chi connectivity index (χ4n) is 3.71. The zero-order chi connectivity index (χ0) is 20.5. The van der Waals surface area contributed by atoms with Gasteiger partial charge in [-0.1, -0.05) is 22.0 Å². The van der Waals surface area contributed by atoms with Crippen molar-refractivity contribution in [3.63, 3.8) is 0 Å². The van der Waals surface area contributed by atoms with Gasteiger partial charge in [-0.2, -0.15) is 0 Å². The molecule has 0 saturated carbocycles. The van der Waals surface area contributed by atoms with Crippen LogP contribution in [0.25, 0.3) is 0 Å². The highest BCUT2D eigenvalue weighted by Crippen LogP contribution is 2.43. The van der Waals surface area contributed by atoms with E-state index in [4.69, 9.17) is 9.73 Å². The second-order valence-electron chi connectivity index (χ2n) is 6.80. The van der Waals surface area contributed by atoms with Gasteiger partial charge in [0, 0.05) is 40.8 Å². The average Bonchev–Trinajstić information content (AvgIpc) is 3.37. The van der Waals surface area contributed by atoms with E-state index < -0.39 is 12.0 Å². The summed E-state index contributed by atoms with van der Waals surface area (Å²) in [4.78, 5) is 24.2. The number of aliphatic imine (C=N–C) groups is 1. The molecule has 0 unspecified atom stereocenters. The first-order valence-corrected chi connectivity index (χ1v) is 10.9. The number of ether oxygens (including phenoxy) is 1. The minimum absolute atomic E-state index is 0.00611. The molecule has 2 aromatic rings. The van der Waals surface area contributed by atoms with Gasteiger partial charge >= 0.3 is 5.97 Å². The smallest absolute Gasteiger partial charge is 0.338 e. The highest BCUT2D eigenvalue weighted by atomic mass is 79.9. The van der Waals surface area contributed by atoms with Crippen molar-refractivity contribution in [2.45, 2.75) is 19.4 Å². The van der Waals surface area contributed by atoms with Crippen LogP contribution in [0.15, 0.2) is 50.5 Å². The average molecular weight is 480 g/mol. The molecule has 0 bridgehead atoms. The van der Waals surface area contributed by atoms with Crippen LogP contribution in [-0.4, -0.2) is 46.6 Å². The van der Waals surface area contributed by atoms with Crippen molar-refractivity contribution in [2.75, 3.05) is 19.8 Å². The lowest BCUT2D eigenvalue weighted by atomic mass is 9.94. The van der Waals surface area contributed by atoms with Crippen LogP contribution in [0.3, 0.4) is 0 Å². The van der Waals surface area contributed by atoms with Gasteiger partial charge in [0.1, 0.15) is 11.9 Å². The summed E-state index contributed by atoms with van der Waals surface area (Å²) in [6, 6.07) is 3.68. The molecule has 1 fully saturated rings. The van der Waals surface area contributed by atoms with E-state index in [1.807, 2.05) is 10.3 Å². The van der Waals surface area contributed by atoms with E-state index in [9.17, 15) is 14.3 Å². The summed E-state index contributed by atoms with van der Waals surface area (Å²) in [6.45, 7) is 2.54. The lowest BCUT2D eigenvalue weighted by Crippen LogP contribution is -2.35. The summed E-state index contributed by atoms with van der Waals surface area (Å²) in [5.74, 6) is -0.196. The normalized spacial score (nSPS) is 21.2. The number of carbonyl (C=O) groups is 1. The summed E-state index contributed by atoms with van der Waals surface area (Å²) in [6.07, 6.45) is 2.24. The monoisotopic (exact) mass is 479 g/mol. The van der Waals surface area contributed by atoms with Gasteiger partial charge in [-0.3, -0.25) is 4.99 Å². The number of fused-ring (bicyclic) bond motifs is 1. The Morgan fingerprint density at radius 3 is 2.97 bits per heavy atom. The minimum atomic E-state index is -0.661. The topological polar surface area (TPSA) is 75.0 Å². The largest absolute Gasteiger partial charge is 0.463 e. The first-order valence-electron chi connectivity index (χ1n) is 9.24. The Labute approximate surface area is 179 Å². The molecule has 0 spiro atoms. The number of benzene rings is 1. The number of aliphatic hydroxyl groups excluding tert-OH is 1. The van der Waals surface area contributed by atoms with Crippen molar-refractivity contribution in [2.24, 2.45) is 10.9 Å². The van der Waals surface area contributed by atoms with Gasteiger partial charge in [-0.25, -0.2) is 14.2 Å². The van der Waals surface area contributed by atoms with Crippen LogP contribution < -0.4 is 0 Å². The van der Waals surface area contributed by atoms with Crippen LogP contribution in [-0.2, 0) is 9.53 Å². The molecule has 1 saturated heterocycles. The molecular weight excluding hydrogens is 461 g/mol. The van der Waals surface area contributed by atoms with Gasteiger partial charge in [-0.05, 0) is 31.0 Å². The van der Waals surface area contributed by atoms with E-state index in [2.05, 4.69) is 20.9 Å². The fraction of sp³-hybridized carbons (Fsp3) is 0.350. The maximum absolute atomic E-state index is 13.7. The van der Waals surface area contributed by atoms with Crippen molar-refractivity contribution in [1.29, 1.82) is 0 Å². The number of esters is 1. The van der Waals surface area contributed by atoms with Crippen molar-refractivity contribution in [1.82, 2.24) is 9.88 Å². The third-order valence-electron chi connectivity index (χ3n) is 4.97. The summed E-state index contributed by atoms with van der Waals surface area (Å²) in [7, 11) is 0. The molecule has 1 aromatic carbocycles. The molecule has 2 aliphatic heterocycles. The molecule has 29 heavy (non-hydrogen) atoms. The van der Waals surface area contributed by atoms with Crippen LogP contribution in [0.5, 0.6) is 0 Å². The predicted octanol–water partition coefficient (Wildman–Crippen LogP) is 3.68. The van der Waals surface area contributed by atoms with Gasteiger partial charge in [0.2, 0.25) is 0 Å². The molecule has 0 radical (unpaired) electrons. The first kappa shape index (κ1) is 20.2. The summed E-state index contributed by atoms with van der Waals surface area (Å²) in [5.41, 5.74) is 1.88. The molecule has 6 nitrogen and oxygen atoms in total. The zero-order valence-electron chi connectivity index (χ0n) is 15.6. The fourth-order valence-corrected chi connectivity index (χ4v) is 4.92. The number of nitrogens with zero attached hydrogens (tertiary/aromatic N) is 3. The summed E-state index contributed by atoms with van der Waals surface area (Å²) >= 11 is 4.87. The van der Waals surface area contributed by atoms with E-state index in [-0.39, 0.29) is 24.9 Å². The van der Waals surface area contributed by atoms with Crippen LogP contribution in [0, 0.1) is 11.7 Å². The molecule has 0 aliphatic carbocycles. The summed E-state index contributed by atoms with van der Waals surface area (Å²) in [5, 5.41) is 12.3. The number of hydrogen-bond donors (Lipinski definition) is 1. The number of hydrogen-bond acceptors (Lipinski definition) is 7. The highest BCUT2D eigenvalue weighted by molar-refractivity contribution is 9.10. The SMILES string of the molecule is CCOC(=O)C1=C2C[C@@H](CO)CN2C(c2nccs2)=N[C@H]1c1ccc(F)cc1Br. The molecular formula is C20H19BrFN3O3S. The van der Waals surface area contributed by atoms with Gasteiger partial charge in [0.15, 0.2) is 10.8 Å². The van der Waals surface area contributed by atoms with E-state index in [1.165, 1.54) is 23.5 Å². The molecule has 0 amide bonds. The lowest BCUT2D eigenvalue weighted by Gasteiger charge is -2.32. The van der Waals surface area contributed by atoms with Gasteiger partial charge in [0.05, 0.1) is 12.2 Å². The minimum Gasteiger partial charge on any atom is -0.463 e. The molecule has 2 atom stereocenters. The first-order chi connectivity index (χ1) is 14.0. The Bertz CT molecular complexity index is 993. The molecule has 4 rings (SSSR count). The van der Waals surface area contributed by atoms with Gasteiger partial charge < -0.3 is 14.7 Å². The van der Waals surface area contributed by atoms with Crippen molar-refractivity contribution in [3.05, 3.63) is 61.9 Å². The van der Waals surface area contributed by atoms with Crippen LogP contribution in [0.2, 0.25) is 0 Å². The standard InChI is InChI=1S/C20H19BrFN3O3S/c1-2-28-20(27)16-15-7-11(10-26)9-25(15)18(19-23-5-6-29-19)24-17(16)13-4-3-12(22)8-14(13)21/h3-6,8,11,17,26H,2,7,9-10H2,1H3/t11-,17+/m1/s1. The quantitative estimate of drug-likeness (QED) is 0.662. The number of carbonyl (C=O) groups excluding carboxylic acids is 1. The number of rotatable bonds is 5. The van der Waals surface area contributed by atoms with Crippen molar-refractivity contribution in [3.8, 4) is 0 Å². The number of aliphatic hydroxyl groups is 1. The Kier molecular flexibility index (Phi) is 5.80. The third-order valence-corrected chi connectivity index (χ3v) is 6.43. The number of halogens is 2. The van der Waals surface area contributed by atoms with Crippen LogP contribution in [0.4, 0.5) is 4.39 Å². The van der Waals surface area contributed by atoms with Crippen molar-refractivity contribution < 1.29 is 19.0 Å². The molecule has 2 aliphatic rings. The van der Waals surface area contributed by atoms with E-state index in [0.29, 0.717) is 34.4 Å². The van der Waals surface area contributed by atoms with Crippen LogP contribution in [0.1, 0.15) is 30.0 Å². The Morgan fingerprint density at radius 1 is 1.48 bits per heavy atom. The molecule has 9 heteroatoms. The maximum Gasteiger partial charge on any atom is 0.338 e. The Morgan fingerprint density at radius 2 is 2.31 bits per heavy atom. The van der Waals surface area contributed by atoms with E-state index in [0.717, 1.165) is 10.7 Å².